The fourth-order valence-electron chi connectivity index (χ4n) is 1.74. The van der Waals surface area contributed by atoms with Gasteiger partial charge >= 0.3 is 0 Å². The zero-order chi connectivity index (χ0) is 14.3. The molecule has 0 heterocycles. The van der Waals surface area contributed by atoms with Crippen LogP contribution in [-0.4, -0.2) is 11.2 Å². The van der Waals surface area contributed by atoms with E-state index in [2.05, 4.69) is 24.5 Å². The molecule has 0 radical (unpaired) electrons. The third-order valence-electron chi connectivity index (χ3n) is 2.80. The van der Waals surface area contributed by atoms with Crippen molar-refractivity contribution in [2.45, 2.75) is 45.6 Å². The van der Waals surface area contributed by atoms with Crippen LogP contribution in [0.4, 0.5) is 5.69 Å². The SMILES string of the molecule is CCCCCC(C)NC(=S)Nc1ccc(Cl)c(Cl)c1. The molecule has 0 aliphatic rings. The quantitative estimate of drug-likeness (QED) is 0.553. The highest BCUT2D eigenvalue weighted by molar-refractivity contribution is 7.80. The summed E-state index contributed by atoms with van der Waals surface area (Å²) in [5.41, 5.74) is 0.840. The highest BCUT2D eigenvalue weighted by atomic mass is 35.5. The Kier molecular flexibility index (Phi) is 7.51. The summed E-state index contributed by atoms with van der Waals surface area (Å²) in [6.07, 6.45) is 4.84. The number of hydrogen-bond acceptors (Lipinski definition) is 1. The van der Waals surface area contributed by atoms with E-state index in [1.54, 1.807) is 12.1 Å². The van der Waals surface area contributed by atoms with Crippen LogP contribution in [0.3, 0.4) is 0 Å². The van der Waals surface area contributed by atoms with Crippen LogP contribution in [0, 0.1) is 0 Å². The molecule has 0 spiro atoms. The number of thiocarbonyl (C=S) groups is 1. The fraction of sp³-hybridized carbons (Fsp3) is 0.500. The molecule has 1 rings (SSSR count). The van der Waals surface area contributed by atoms with E-state index in [4.69, 9.17) is 35.4 Å². The minimum Gasteiger partial charge on any atom is -0.360 e. The normalized spacial score (nSPS) is 12.0. The van der Waals surface area contributed by atoms with Crippen LogP contribution in [0.1, 0.15) is 39.5 Å². The zero-order valence-corrected chi connectivity index (χ0v) is 13.6. The van der Waals surface area contributed by atoms with Crippen LogP contribution in [0.5, 0.6) is 0 Å². The average molecular weight is 319 g/mol. The summed E-state index contributed by atoms with van der Waals surface area (Å²) in [4.78, 5) is 0. The molecule has 2 nitrogen and oxygen atoms in total. The molecule has 0 aliphatic carbocycles. The summed E-state index contributed by atoms with van der Waals surface area (Å²) in [5, 5.41) is 8.05. The summed E-state index contributed by atoms with van der Waals surface area (Å²) >= 11 is 17.1. The number of benzene rings is 1. The predicted octanol–water partition coefficient (Wildman–Crippen LogP) is 5.25. The number of unbranched alkanes of at least 4 members (excludes halogenated alkanes) is 2. The smallest absolute Gasteiger partial charge is 0.170 e. The number of nitrogens with one attached hydrogen (secondary N) is 2. The Morgan fingerprint density at radius 3 is 2.63 bits per heavy atom. The molecule has 0 bridgehead atoms. The van der Waals surface area contributed by atoms with Gasteiger partial charge in [-0.05, 0) is 43.8 Å². The second kappa shape index (κ2) is 8.62. The van der Waals surface area contributed by atoms with Gasteiger partial charge in [0.1, 0.15) is 0 Å². The predicted molar refractivity (Wildman–Crippen MR) is 89.4 cm³/mol. The van der Waals surface area contributed by atoms with Crippen molar-refractivity contribution in [2.24, 2.45) is 0 Å². The van der Waals surface area contributed by atoms with Crippen molar-refractivity contribution in [1.29, 1.82) is 0 Å². The van der Waals surface area contributed by atoms with Crippen LogP contribution < -0.4 is 10.6 Å². The molecular weight excluding hydrogens is 299 g/mol. The zero-order valence-electron chi connectivity index (χ0n) is 11.3. The van der Waals surface area contributed by atoms with E-state index in [0.717, 1.165) is 12.1 Å². The van der Waals surface area contributed by atoms with Crippen molar-refractivity contribution < 1.29 is 0 Å². The molecule has 0 fully saturated rings. The minimum atomic E-state index is 0.370. The highest BCUT2D eigenvalue weighted by Gasteiger charge is 2.05. The van der Waals surface area contributed by atoms with Gasteiger partial charge in [-0.25, -0.2) is 0 Å². The fourth-order valence-corrected chi connectivity index (χ4v) is 2.35. The molecule has 106 valence electrons. The van der Waals surface area contributed by atoms with Crippen LogP contribution in [0.25, 0.3) is 0 Å². The summed E-state index contributed by atoms with van der Waals surface area (Å²) in [6, 6.07) is 5.73. The van der Waals surface area contributed by atoms with Gasteiger partial charge < -0.3 is 10.6 Å². The first-order chi connectivity index (χ1) is 9.02. The summed E-state index contributed by atoms with van der Waals surface area (Å²) in [5.74, 6) is 0. The van der Waals surface area contributed by atoms with Crippen molar-refractivity contribution >= 4 is 46.2 Å². The molecular formula is C14H20Cl2N2S. The topological polar surface area (TPSA) is 24.1 Å². The van der Waals surface area contributed by atoms with Crippen molar-refractivity contribution in [1.82, 2.24) is 5.32 Å². The van der Waals surface area contributed by atoms with Crippen molar-refractivity contribution in [3.63, 3.8) is 0 Å². The van der Waals surface area contributed by atoms with E-state index in [1.165, 1.54) is 19.3 Å². The first-order valence-corrected chi connectivity index (χ1v) is 7.72. The van der Waals surface area contributed by atoms with E-state index in [1.807, 2.05) is 6.07 Å². The molecule has 0 saturated carbocycles. The number of rotatable bonds is 6. The second-order valence-corrected chi connectivity index (χ2v) is 5.85. The average Bonchev–Trinajstić information content (AvgIpc) is 2.34. The van der Waals surface area contributed by atoms with E-state index in [0.29, 0.717) is 21.2 Å². The van der Waals surface area contributed by atoms with Gasteiger partial charge in [0.25, 0.3) is 0 Å². The Labute approximate surface area is 130 Å². The van der Waals surface area contributed by atoms with Crippen LogP contribution in [0.15, 0.2) is 18.2 Å². The summed E-state index contributed by atoms with van der Waals surface area (Å²) in [7, 11) is 0. The van der Waals surface area contributed by atoms with Crippen LogP contribution >= 0.6 is 35.4 Å². The highest BCUT2D eigenvalue weighted by Crippen LogP contribution is 2.24. The maximum absolute atomic E-state index is 5.95. The Balaban J connectivity index is 2.39. The molecule has 0 aliphatic heterocycles. The Bertz CT molecular complexity index is 424. The largest absolute Gasteiger partial charge is 0.360 e. The maximum atomic E-state index is 5.95. The maximum Gasteiger partial charge on any atom is 0.170 e. The standard InChI is InChI=1S/C14H20Cl2N2S/c1-3-4-5-6-10(2)17-14(19)18-11-7-8-12(15)13(16)9-11/h7-10H,3-6H2,1-2H3,(H2,17,18,19). The van der Waals surface area contributed by atoms with Crippen molar-refractivity contribution in [2.75, 3.05) is 5.32 Å². The first kappa shape index (κ1) is 16.5. The molecule has 1 atom stereocenters. The lowest BCUT2D eigenvalue weighted by Crippen LogP contribution is -2.35. The van der Waals surface area contributed by atoms with Gasteiger partial charge in [-0.2, -0.15) is 0 Å². The molecule has 19 heavy (non-hydrogen) atoms. The lowest BCUT2D eigenvalue weighted by molar-refractivity contribution is 0.556. The van der Waals surface area contributed by atoms with Gasteiger partial charge in [-0.3, -0.25) is 0 Å². The van der Waals surface area contributed by atoms with Crippen LogP contribution in [0.2, 0.25) is 10.0 Å². The summed E-state index contributed by atoms with van der Waals surface area (Å²) < 4.78 is 0. The van der Waals surface area contributed by atoms with Crippen molar-refractivity contribution in [3.8, 4) is 0 Å². The Morgan fingerprint density at radius 1 is 1.26 bits per heavy atom. The van der Waals surface area contributed by atoms with Gasteiger partial charge in [0.2, 0.25) is 0 Å². The molecule has 0 saturated heterocycles. The monoisotopic (exact) mass is 318 g/mol. The minimum absolute atomic E-state index is 0.370. The van der Waals surface area contributed by atoms with E-state index in [-0.39, 0.29) is 0 Å². The lowest BCUT2D eigenvalue weighted by Gasteiger charge is -2.17. The molecule has 5 heteroatoms. The van der Waals surface area contributed by atoms with E-state index < -0.39 is 0 Å². The Morgan fingerprint density at radius 2 is 2.00 bits per heavy atom. The molecule has 0 amide bonds. The molecule has 1 unspecified atom stereocenters. The van der Waals surface area contributed by atoms with Crippen LogP contribution in [-0.2, 0) is 0 Å². The molecule has 2 N–H and O–H groups in total. The third-order valence-corrected chi connectivity index (χ3v) is 3.75. The molecule has 0 aromatic heterocycles. The van der Waals surface area contributed by atoms with Gasteiger partial charge in [0.05, 0.1) is 10.0 Å². The number of anilines is 1. The Hall–Kier alpha value is -0.510. The van der Waals surface area contributed by atoms with Gasteiger partial charge in [0, 0.05) is 11.7 Å². The molecule has 1 aromatic carbocycles. The van der Waals surface area contributed by atoms with Crippen molar-refractivity contribution in [3.05, 3.63) is 28.2 Å². The van der Waals surface area contributed by atoms with Gasteiger partial charge in [0.15, 0.2) is 5.11 Å². The lowest BCUT2D eigenvalue weighted by atomic mass is 10.1. The van der Waals surface area contributed by atoms with Gasteiger partial charge in [-0.1, -0.05) is 49.4 Å². The number of halogens is 2. The second-order valence-electron chi connectivity index (χ2n) is 4.62. The van der Waals surface area contributed by atoms with E-state index >= 15 is 0 Å². The first-order valence-electron chi connectivity index (χ1n) is 6.55. The summed E-state index contributed by atoms with van der Waals surface area (Å²) in [6.45, 7) is 4.34. The number of hydrogen-bond donors (Lipinski definition) is 2. The van der Waals surface area contributed by atoms with E-state index in [9.17, 15) is 0 Å². The molecule has 1 aromatic rings. The van der Waals surface area contributed by atoms with Gasteiger partial charge in [-0.15, -0.1) is 0 Å². The third kappa shape index (κ3) is 6.46.